The summed E-state index contributed by atoms with van der Waals surface area (Å²) in [5, 5.41) is 0. The molecule has 0 saturated carbocycles. The molecule has 0 atom stereocenters. The third-order valence-corrected chi connectivity index (χ3v) is 5.68. The number of benzene rings is 1. The monoisotopic (exact) mass is 389 g/mol. The molecule has 1 aliphatic rings. The zero-order valence-electron chi connectivity index (χ0n) is 15.9. The van der Waals surface area contributed by atoms with Crippen molar-refractivity contribution < 1.29 is 4.79 Å². The number of carbonyl (C=O) groups is 1. The van der Waals surface area contributed by atoms with Gasteiger partial charge in [-0.15, -0.1) is 24.8 Å². The molecule has 1 aromatic carbocycles. The maximum Gasteiger partial charge on any atom is 0.230 e. The third-order valence-electron chi connectivity index (χ3n) is 5.68. The van der Waals surface area contributed by atoms with Crippen molar-refractivity contribution in [3.05, 3.63) is 29.3 Å². The average Bonchev–Trinajstić information content (AvgIpc) is 2.59. The summed E-state index contributed by atoms with van der Waals surface area (Å²) in [6.45, 7) is 12.3. The van der Waals surface area contributed by atoms with E-state index in [1.54, 1.807) is 0 Å². The minimum atomic E-state index is -0.374. The van der Waals surface area contributed by atoms with Crippen LogP contribution in [0.15, 0.2) is 18.2 Å². The lowest BCUT2D eigenvalue weighted by molar-refractivity contribution is -0.142. The first-order valence-electron chi connectivity index (χ1n) is 8.79. The minimum absolute atomic E-state index is 0. The molecule has 2 rings (SSSR count). The van der Waals surface area contributed by atoms with Crippen molar-refractivity contribution in [1.29, 1.82) is 0 Å². The predicted molar refractivity (Wildman–Crippen MR) is 111 cm³/mol. The normalized spacial score (nSPS) is 14.6. The number of rotatable bonds is 5. The zero-order valence-corrected chi connectivity index (χ0v) is 17.5. The Hall–Kier alpha value is -0.970. The van der Waals surface area contributed by atoms with Gasteiger partial charge in [0.05, 0.1) is 5.41 Å². The molecule has 1 amide bonds. The third kappa shape index (κ3) is 4.81. The fourth-order valence-corrected chi connectivity index (χ4v) is 3.49. The van der Waals surface area contributed by atoms with Crippen molar-refractivity contribution >= 4 is 36.4 Å². The lowest BCUT2D eigenvalue weighted by atomic mass is 9.81. The molecule has 1 saturated heterocycles. The lowest BCUT2D eigenvalue weighted by Gasteiger charge is -2.41. The first-order valence-corrected chi connectivity index (χ1v) is 8.79. The van der Waals surface area contributed by atoms with Gasteiger partial charge in [-0.3, -0.25) is 4.79 Å². The maximum atomic E-state index is 12.9. The van der Waals surface area contributed by atoms with Crippen LogP contribution < -0.4 is 10.6 Å². The van der Waals surface area contributed by atoms with E-state index in [-0.39, 0.29) is 36.1 Å². The van der Waals surface area contributed by atoms with Crippen LogP contribution in [0.1, 0.15) is 37.8 Å². The predicted octanol–water partition coefficient (Wildman–Crippen LogP) is 3.56. The quantitative estimate of drug-likeness (QED) is 0.837. The molecular formula is C19H33Cl2N3O. The summed E-state index contributed by atoms with van der Waals surface area (Å²) in [5.74, 6) is 0.241. The molecule has 0 spiro atoms. The minimum Gasteiger partial charge on any atom is -0.368 e. The van der Waals surface area contributed by atoms with Crippen molar-refractivity contribution in [2.75, 3.05) is 37.6 Å². The first kappa shape index (κ1) is 24.0. The van der Waals surface area contributed by atoms with E-state index < -0.39 is 0 Å². The largest absolute Gasteiger partial charge is 0.368 e. The van der Waals surface area contributed by atoms with Crippen LogP contribution >= 0.6 is 24.8 Å². The standard InChI is InChI=1S/C19H31N3O.2ClH/c1-5-19(6-2,14-20)18(23)22-12-10-21(11-13-22)17-9-7-8-15(3)16(17)4;;/h7-9H,5-6,10-14,20H2,1-4H3;2*1H. The van der Waals surface area contributed by atoms with Gasteiger partial charge in [0.25, 0.3) is 0 Å². The van der Waals surface area contributed by atoms with Crippen molar-refractivity contribution in [2.24, 2.45) is 11.1 Å². The van der Waals surface area contributed by atoms with Crippen molar-refractivity contribution in [3.63, 3.8) is 0 Å². The highest BCUT2D eigenvalue weighted by atomic mass is 35.5. The highest BCUT2D eigenvalue weighted by Gasteiger charge is 2.37. The second-order valence-electron chi connectivity index (χ2n) is 6.69. The molecule has 6 heteroatoms. The summed E-state index contributed by atoms with van der Waals surface area (Å²) in [4.78, 5) is 17.3. The zero-order chi connectivity index (χ0) is 17.0. The molecule has 144 valence electrons. The molecule has 0 aromatic heterocycles. The first-order chi connectivity index (χ1) is 11.0. The van der Waals surface area contributed by atoms with Crippen LogP contribution in [-0.4, -0.2) is 43.5 Å². The molecule has 1 aliphatic heterocycles. The molecule has 25 heavy (non-hydrogen) atoms. The number of carbonyl (C=O) groups excluding carboxylic acids is 1. The number of halogens is 2. The number of amides is 1. The van der Waals surface area contributed by atoms with E-state index in [1.807, 2.05) is 4.90 Å². The van der Waals surface area contributed by atoms with Crippen molar-refractivity contribution in [1.82, 2.24) is 4.90 Å². The number of hydrogen-bond acceptors (Lipinski definition) is 3. The van der Waals surface area contributed by atoms with Crippen LogP contribution in [0.5, 0.6) is 0 Å². The molecule has 1 heterocycles. The molecule has 2 N–H and O–H groups in total. The Kier molecular flexibility index (Phi) is 9.85. The van der Waals surface area contributed by atoms with E-state index >= 15 is 0 Å². The second kappa shape index (κ2) is 10.2. The van der Waals surface area contributed by atoms with Crippen molar-refractivity contribution in [2.45, 2.75) is 40.5 Å². The highest BCUT2D eigenvalue weighted by molar-refractivity contribution is 5.85. The van der Waals surface area contributed by atoms with Gasteiger partial charge in [-0.1, -0.05) is 26.0 Å². The lowest BCUT2D eigenvalue weighted by Crippen LogP contribution is -2.55. The van der Waals surface area contributed by atoms with E-state index in [0.29, 0.717) is 6.54 Å². The Labute approximate surface area is 164 Å². The Morgan fingerprint density at radius 3 is 2.12 bits per heavy atom. The number of hydrogen-bond donors (Lipinski definition) is 1. The summed E-state index contributed by atoms with van der Waals surface area (Å²) >= 11 is 0. The summed E-state index contributed by atoms with van der Waals surface area (Å²) in [6, 6.07) is 6.45. The fraction of sp³-hybridized carbons (Fsp3) is 0.632. The Balaban J connectivity index is 0.00000288. The van der Waals surface area contributed by atoms with Crippen LogP contribution in [0.4, 0.5) is 5.69 Å². The van der Waals surface area contributed by atoms with E-state index in [4.69, 9.17) is 5.73 Å². The van der Waals surface area contributed by atoms with Crippen LogP contribution in [0, 0.1) is 19.3 Å². The topological polar surface area (TPSA) is 49.6 Å². The van der Waals surface area contributed by atoms with E-state index in [0.717, 1.165) is 39.0 Å². The number of nitrogens with two attached hydrogens (primary N) is 1. The summed E-state index contributed by atoms with van der Waals surface area (Å²) in [6.07, 6.45) is 1.63. The molecule has 0 bridgehead atoms. The Bertz CT molecular complexity index is 545. The number of anilines is 1. The van der Waals surface area contributed by atoms with Gasteiger partial charge in [0.2, 0.25) is 5.91 Å². The van der Waals surface area contributed by atoms with Crippen LogP contribution in [-0.2, 0) is 4.79 Å². The van der Waals surface area contributed by atoms with E-state index in [1.165, 1.54) is 16.8 Å². The number of aryl methyl sites for hydroxylation is 1. The van der Waals surface area contributed by atoms with Crippen LogP contribution in [0.2, 0.25) is 0 Å². The molecular weight excluding hydrogens is 357 g/mol. The summed E-state index contributed by atoms with van der Waals surface area (Å²) in [5.41, 5.74) is 9.52. The van der Waals surface area contributed by atoms with Gasteiger partial charge < -0.3 is 15.5 Å². The van der Waals surface area contributed by atoms with Gasteiger partial charge >= 0.3 is 0 Å². The van der Waals surface area contributed by atoms with Crippen molar-refractivity contribution in [3.8, 4) is 0 Å². The fourth-order valence-electron chi connectivity index (χ4n) is 3.49. The van der Waals surface area contributed by atoms with Gasteiger partial charge in [0, 0.05) is 38.4 Å². The highest BCUT2D eigenvalue weighted by Crippen LogP contribution is 2.29. The Morgan fingerprint density at radius 2 is 1.64 bits per heavy atom. The van der Waals surface area contributed by atoms with E-state index in [2.05, 4.69) is 50.8 Å². The SMILES string of the molecule is CCC(CC)(CN)C(=O)N1CCN(c2cccc(C)c2C)CC1.Cl.Cl. The van der Waals surface area contributed by atoms with Crippen LogP contribution in [0.3, 0.4) is 0 Å². The van der Waals surface area contributed by atoms with Gasteiger partial charge in [0.15, 0.2) is 0 Å². The van der Waals surface area contributed by atoms with Gasteiger partial charge in [-0.2, -0.15) is 0 Å². The molecule has 0 aliphatic carbocycles. The Morgan fingerprint density at radius 1 is 1.08 bits per heavy atom. The van der Waals surface area contributed by atoms with E-state index in [9.17, 15) is 4.79 Å². The number of nitrogens with zero attached hydrogens (tertiary/aromatic N) is 2. The second-order valence-corrected chi connectivity index (χ2v) is 6.69. The summed E-state index contributed by atoms with van der Waals surface area (Å²) < 4.78 is 0. The molecule has 4 nitrogen and oxygen atoms in total. The molecule has 0 radical (unpaired) electrons. The van der Waals surface area contributed by atoms with Crippen LogP contribution in [0.25, 0.3) is 0 Å². The molecule has 1 aromatic rings. The van der Waals surface area contributed by atoms with Gasteiger partial charge in [0.1, 0.15) is 0 Å². The smallest absolute Gasteiger partial charge is 0.230 e. The maximum absolute atomic E-state index is 12.9. The average molecular weight is 390 g/mol. The van der Waals surface area contributed by atoms with Gasteiger partial charge in [-0.05, 0) is 43.9 Å². The summed E-state index contributed by atoms with van der Waals surface area (Å²) in [7, 11) is 0. The van der Waals surface area contributed by atoms with Gasteiger partial charge in [-0.25, -0.2) is 0 Å². The number of piperazine rings is 1. The molecule has 0 unspecified atom stereocenters. The molecule has 1 fully saturated rings.